The first kappa shape index (κ1) is 18.0. The van der Waals surface area contributed by atoms with Crippen LogP contribution in [0, 0.1) is 11.6 Å². The summed E-state index contributed by atoms with van der Waals surface area (Å²) >= 11 is 0. The van der Waals surface area contributed by atoms with E-state index in [2.05, 4.69) is 15.2 Å². The maximum Gasteiger partial charge on any atom is 0.228 e. The van der Waals surface area contributed by atoms with Gasteiger partial charge in [-0.15, -0.1) is 0 Å². The van der Waals surface area contributed by atoms with Crippen LogP contribution in [0.1, 0.15) is 48.6 Å². The predicted molar refractivity (Wildman–Crippen MR) is 104 cm³/mol. The number of carbonyl (C=O) groups is 1. The van der Waals surface area contributed by atoms with Crippen molar-refractivity contribution in [3.05, 3.63) is 65.5 Å². The topological polar surface area (TPSA) is 61.9 Å². The van der Waals surface area contributed by atoms with Gasteiger partial charge in [0.05, 0.1) is 5.69 Å². The van der Waals surface area contributed by atoms with Crippen LogP contribution in [-0.2, 0) is 4.79 Å². The van der Waals surface area contributed by atoms with E-state index in [1.165, 1.54) is 12.1 Å². The molecule has 1 aliphatic heterocycles. The van der Waals surface area contributed by atoms with E-state index in [0.717, 1.165) is 24.1 Å². The first-order valence-corrected chi connectivity index (χ1v) is 9.85. The second-order valence-corrected chi connectivity index (χ2v) is 7.78. The Morgan fingerprint density at radius 1 is 1.00 bits per heavy atom. The molecule has 2 fully saturated rings. The van der Waals surface area contributed by atoms with Crippen LogP contribution in [0.4, 0.5) is 14.6 Å². The molecule has 1 aromatic carbocycles. The molecule has 0 radical (unpaired) electrons. The summed E-state index contributed by atoms with van der Waals surface area (Å²) < 4.78 is 28.8. The number of hydrogen-bond donors (Lipinski definition) is 1. The van der Waals surface area contributed by atoms with Crippen molar-refractivity contribution in [3.8, 4) is 11.3 Å². The van der Waals surface area contributed by atoms with E-state index in [4.69, 9.17) is 0 Å². The van der Waals surface area contributed by atoms with Gasteiger partial charge in [0.25, 0.3) is 0 Å². The first-order valence-electron chi connectivity index (χ1n) is 9.85. The summed E-state index contributed by atoms with van der Waals surface area (Å²) in [5.74, 6) is -0.669. The molecule has 5 nitrogen and oxygen atoms in total. The average molecular weight is 394 g/mol. The van der Waals surface area contributed by atoms with Crippen molar-refractivity contribution >= 4 is 11.7 Å². The molecule has 1 unspecified atom stereocenters. The third-order valence-electron chi connectivity index (χ3n) is 5.81. The summed E-state index contributed by atoms with van der Waals surface area (Å²) in [6, 6.07) is 8.39. The zero-order valence-corrected chi connectivity index (χ0v) is 15.7. The molecule has 0 bridgehead atoms. The fourth-order valence-corrected chi connectivity index (χ4v) is 4.09. The molecule has 3 aromatic rings. The molecule has 7 heteroatoms. The van der Waals surface area contributed by atoms with Crippen LogP contribution in [-0.4, -0.2) is 27.6 Å². The summed E-state index contributed by atoms with van der Waals surface area (Å²) in [4.78, 5) is 18.4. The Morgan fingerprint density at radius 3 is 2.38 bits per heavy atom. The zero-order valence-electron chi connectivity index (χ0n) is 15.7. The monoisotopic (exact) mass is 394 g/mol. The second kappa shape index (κ2) is 7.06. The molecule has 1 amide bonds. The van der Waals surface area contributed by atoms with Crippen molar-refractivity contribution in [3.63, 3.8) is 0 Å². The fraction of sp³-hybridized carbons (Fsp3) is 0.318. The minimum Gasteiger partial charge on any atom is -0.295 e. The number of nitrogens with zero attached hydrogens (tertiary/aromatic N) is 3. The second-order valence-electron chi connectivity index (χ2n) is 7.78. The number of carbonyl (C=O) groups excluding carboxylic acids is 1. The lowest BCUT2D eigenvalue weighted by Gasteiger charge is -2.30. The lowest BCUT2D eigenvalue weighted by molar-refractivity contribution is -0.120. The number of halogens is 2. The van der Waals surface area contributed by atoms with Gasteiger partial charge < -0.3 is 0 Å². The molecule has 3 heterocycles. The fourth-order valence-electron chi connectivity index (χ4n) is 4.09. The van der Waals surface area contributed by atoms with Crippen molar-refractivity contribution in [2.45, 2.75) is 37.5 Å². The van der Waals surface area contributed by atoms with Gasteiger partial charge in [0.1, 0.15) is 11.6 Å². The molecule has 148 valence electrons. The maximum atomic E-state index is 14.4. The van der Waals surface area contributed by atoms with Gasteiger partial charge in [-0.05, 0) is 60.9 Å². The highest BCUT2D eigenvalue weighted by atomic mass is 19.1. The van der Waals surface area contributed by atoms with Crippen LogP contribution in [0.2, 0.25) is 0 Å². The molecular formula is C22H20F2N4O. The van der Waals surface area contributed by atoms with Crippen LogP contribution >= 0.6 is 0 Å². The van der Waals surface area contributed by atoms with Gasteiger partial charge in [-0.2, -0.15) is 5.10 Å². The lowest BCUT2D eigenvalue weighted by atomic mass is 9.88. The third-order valence-corrected chi connectivity index (χ3v) is 5.81. The van der Waals surface area contributed by atoms with Gasteiger partial charge in [0.15, 0.2) is 5.82 Å². The Hall–Kier alpha value is -3.09. The molecule has 2 aliphatic rings. The van der Waals surface area contributed by atoms with Crippen LogP contribution in [0.15, 0.2) is 42.7 Å². The highest BCUT2D eigenvalue weighted by Crippen LogP contribution is 2.43. The summed E-state index contributed by atoms with van der Waals surface area (Å²) in [5, 5.41) is 7.22. The number of benzene rings is 1. The van der Waals surface area contributed by atoms with Crippen molar-refractivity contribution in [2.24, 2.45) is 0 Å². The zero-order chi connectivity index (χ0) is 20.0. The lowest BCUT2D eigenvalue weighted by Crippen LogP contribution is -2.38. The van der Waals surface area contributed by atoms with Gasteiger partial charge in [0.2, 0.25) is 5.91 Å². The number of pyridine rings is 1. The number of aromatic nitrogens is 3. The van der Waals surface area contributed by atoms with E-state index >= 15 is 0 Å². The Balaban J connectivity index is 1.32. The summed E-state index contributed by atoms with van der Waals surface area (Å²) in [7, 11) is 0. The molecule has 5 rings (SSSR count). The highest BCUT2D eigenvalue weighted by molar-refractivity contribution is 5.94. The molecule has 1 aliphatic carbocycles. The summed E-state index contributed by atoms with van der Waals surface area (Å²) in [6.07, 6.45) is 5.91. The van der Waals surface area contributed by atoms with E-state index < -0.39 is 11.6 Å². The van der Waals surface area contributed by atoms with E-state index in [1.54, 1.807) is 17.3 Å². The van der Waals surface area contributed by atoms with Crippen LogP contribution < -0.4 is 4.90 Å². The number of anilines is 1. The van der Waals surface area contributed by atoms with Gasteiger partial charge in [-0.3, -0.25) is 19.8 Å². The largest absolute Gasteiger partial charge is 0.295 e. The smallest absolute Gasteiger partial charge is 0.228 e. The van der Waals surface area contributed by atoms with Crippen LogP contribution in [0.3, 0.4) is 0 Å². The van der Waals surface area contributed by atoms with E-state index in [0.29, 0.717) is 24.3 Å². The number of amides is 1. The van der Waals surface area contributed by atoms with Crippen molar-refractivity contribution in [1.82, 2.24) is 15.2 Å². The minimum atomic E-state index is -0.480. The molecule has 1 saturated carbocycles. The maximum absolute atomic E-state index is 14.4. The molecule has 29 heavy (non-hydrogen) atoms. The Morgan fingerprint density at radius 2 is 1.72 bits per heavy atom. The van der Waals surface area contributed by atoms with Crippen LogP contribution in [0.25, 0.3) is 11.3 Å². The average Bonchev–Trinajstić information content (AvgIpc) is 3.43. The molecule has 1 N–H and O–H groups in total. The Kier molecular flexibility index (Phi) is 4.38. The summed E-state index contributed by atoms with van der Waals surface area (Å²) in [5.41, 5.74) is 2.51. The number of aromatic amines is 1. The van der Waals surface area contributed by atoms with Crippen LogP contribution in [0.5, 0.6) is 0 Å². The number of hydrogen-bond acceptors (Lipinski definition) is 3. The molecule has 2 aromatic heterocycles. The third kappa shape index (κ3) is 3.41. The molecular weight excluding hydrogens is 374 g/mol. The predicted octanol–water partition coefficient (Wildman–Crippen LogP) is 4.54. The van der Waals surface area contributed by atoms with Crippen molar-refractivity contribution in [2.75, 3.05) is 11.4 Å². The molecule has 1 atom stereocenters. The molecule has 0 spiro atoms. The number of piperidine rings is 1. The summed E-state index contributed by atoms with van der Waals surface area (Å²) in [6.45, 7) is 0.456. The minimum absolute atomic E-state index is 0.0155. The van der Waals surface area contributed by atoms with E-state index in [1.807, 2.05) is 18.2 Å². The molecule has 1 saturated heterocycles. The quantitative estimate of drug-likeness (QED) is 0.707. The first-order chi connectivity index (χ1) is 14.1. The van der Waals surface area contributed by atoms with E-state index in [9.17, 15) is 13.6 Å². The van der Waals surface area contributed by atoms with Gasteiger partial charge >= 0.3 is 0 Å². The Bertz CT molecular complexity index is 1040. The Labute approximate surface area is 166 Å². The number of rotatable bonds is 4. The SMILES string of the molecule is O=C1CC(c2cc(F)c(C3CC3)c(F)c2)CCN1c1cc(-c2ccncc2)[nH]n1. The normalized spacial score (nSPS) is 19.6. The van der Waals surface area contributed by atoms with Crippen molar-refractivity contribution < 1.29 is 13.6 Å². The number of nitrogens with one attached hydrogen (secondary N) is 1. The highest BCUT2D eigenvalue weighted by Gasteiger charge is 2.33. The number of H-pyrrole nitrogens is 1. The van der Waals surface area contributed by atoms with E-state index in [-0.39, 0.29) is 29.7 Å². The van der Waals surface area contributed by atoms with Gasteiger partial charge in [-0.1, -0.05) is 0 Å². The van der Waals surface area contributed by atoms with Gasteiger partial charge in [0, 0.05) is 42.6 Å². The van der Waals surface area contributed by atoms with Crippen molar-refractivity contribution in [1.29, 1.82) is 0 Å². The standard InChI is InChI=1S/C22H20F2N4O/c23-17-9-16(10-18(24)22(17)14-1-2-14)15-5-8-28(21(29)11-15)20-12-19(26-27-20)13-3-6-25-7-4-13/h3-4,6-7,9-10,12,14-15H,1-2,5,8,11H2,(H,26,27). The van der Waals surface area contributed by atoms with Gasteiger partial charge in [-0.25, -0.2) is 8.78 Å².